The van der Waals surface area contributed by atoms with E-state index in [9.17, 15) is 9.18 Å². The molecule has 0 spiro atoms. The van der Waals surface area contributed by atoms with Crippen molar-refractivity contribution in [3.8, 4) is 0 Å². The number of pyridine rings is 1. The van der Waals surface area contributed by atoms with Gasteiger partial charge in [0.05, 0.1) is 17.5 Å². The van der Waals surface area contributed by atoms with E-state index in [1.807, 2.05) is 13.8 Å². The predicted molar refractivity (Wildman–Crippen MR) is 86.0 cm³/mol. The lowest BCUT2D eigenvalue weighted by Gasteiger charge is -2.28. The zero-order chi connectivity index (χ0) is 16.6. The van der Waals surface area contributed by atoms with Crippen molar-refractivity contribution in [1.82, 2.24) is 19.9 Å². The molecule has 3 heterocycles. The topological polar surface area (TPSA) is 61.9 Å². The predicted octanol–water partition coefficient (Wildman–Crippen LogP) is 2.64. The van der Waals surface area contributed by atoms with Crippen molar-refractivity contribution < 1.29 is 4.39 Å². The Morgan fingerprint density at radius 3 is 3.00 bits per heavy atom. The third kappa shape index (κ3) is 3.43. The van der Waals surface area contributed by atoms with Crippen molar-refractivity contribution in [3.63, 3.8) is 0 Å². The van der Waals surface area contributed by atoms with Crippen LogP contribution in [0.4, 0.5) is 4.39 Å². The molecular weight excluding hydrogens is 319 g/mol. The number of nitrogens with one attached hydrogen (secondary N) is 1. The SMILES string of the molecule is CC(C)c1nc2c(c(=O)[nH]1)CN(Cc1cc(F)cnc1Cl)CC2. The maximum atomic E-state index is 13.3. The molecule has 3 rings (SSSR count). The normalized spacial score (nSPS) is 15.0. The molecule has 1 N–H and O–H groups in total. The second-order valence-corrected chi connectivity index (χ2v) is 6.45. The lowest BCUT2D eigenvalue weighted by atomic mass is 10.1. The van der Waals surface area contributed by atoms with E-state index in [1.54, 1.807) is 0 Å². The lowest BCUT2D eigenvalue weighted by Crippen LogP contribution is -2.36. The highest BCUT2D eigenvalue weighted by Gasteiger charge is 2.22. The second-order valence-electron chi connectivity index (χ2n) is 6.10. The maximum Gasteiger partial charge on any atom is 0.255 e. The van der Waals surface area contributed by atoms with E-state index < -0.39 is 5.82 Å². The molecule has 2 aromatic heterocycles. The van der Waals surface area contributed by atoms with E-state index >= 15 is 0 Å². The van der Waals surface area contributed by atoms with E-state index in [-0.39, 0.29) is 11.5 Å². The summed E-state index contributed by atoms with van der Waals surface area (Å²) in [5.74, 6) is 0.491. The number of nitrogens with zero attached hydrogens (tertiary/aromatic N) is 3. The summed E-state index contributed by atoms with van der Waals surface area (Å²) in [6, 6.07) is 1.38. The highest BCUT2D eigenvalue weighted by atomic mass is 35.5. The van der Waals surface area contributed by atoms with Crippen molar-refractivity contribution in [2.45, 2.75) is 39.3 Å². The fraction of sp³-hybridized carbons (Fsp3) is 0.438. The number of hydrogen-bond acceptors (Lipinski definition) is 4. The van der Waals surface area contributed by atoms with Gasteiger partial charge in [0.25, 0.3) is 5.56 Å². The third-order valence-electron chi connectivity index (χ3n) is 3.99. The minimum absolute atomic E-state index is 0.0909. The molecule has 0 atom stereocenters. The number of aromatic nitrogens is 3. The Balaban J connectivity index is 1.83. The summed E-state index contributed by atoms with van der Waals surface area (Å²) in [5.41, 5.74) is 2.07. The van der Waals surface area contributed by atoms with E-state index in [0.29, 0.717) is 35.8 Å². The molecule has 1 aliphatic heterocycles. The fourth-order valence-corrected chi connectivity index (χ4v) is 2.89. The molecule has 0 saturated heterocycles. The molecule has 2 aromatic rings. The van der Waals surface area contributed by atoms with Gasteiger partial charge in [-0.25, -0.2) is 14.4 Å². The van der Waals surface area contributed by atoms with Crippen molar-refractivity contribution in [1.29, 1.82) is 0 Å². The molecule has 0 amide bonds. The van der Waals surface area contributed by atoms with Crippen LogP contribution < -0.4 is 5.56 Å². The maximum absolute atomic E-state index is 13.3. The van der Waals surface area contributed by atoms with Crippen LogP contribution in [0.15, 0.2) is 17.1 Å². The first-order chi connectivity index (χ1) is 10.9. The Morgan fingerprint density at radius 1 is 1.48 bits per heavy atom. The van der Waals surface area contributed by atoms with Crippen LogP contribution in [-0.4, -0.2) is 26.4 Å². The zero-order valence-electron chi connectivity index (χ0n) is 13.1. The van der Waals surface area contributed by atoms with Crippen LogP contribution in [-0.2, 0) is 19.5 Å². The summed E-state index contributed by atoms with van der Waals surface area (Å²) < 4.78 is 13.3. The van der Waals surface area contributed by atoms with Gasteiger partial charge in [-0.1, -0.05) is 25.4 Å². The molecule has 0 fully saturated rings. The number of halogens is 2. The molecule has 5 nitrogen and oxygen atoms in total. The molecule has 0 saturated carbocycles. The first kappa shape index (κ1) is 16.1. The molecule has 7 heteroatoms. The van der Waals surface area contributed by atoms with E-state index in [1.165, 1.54) is 6.07 Å². The summed E-state index contributed by atoms with van der Waals surface area (Å²) in [6.07, 6.45) is 1.79. The average molecular weight is 337 g/mol. The average Bonchev–Trinajstić information content (AvgIpc) is 2.51. The van der Waals surface area contributed by atoms with Gasteiger partial charge in [0.1, 0.15) is 16.8 Å². The Hall–Kier alpha value is -1.79. The second kappa shape index (κ2) is 6.37. The summed E-state index contributed by atoms with van der Waals surface area (Å²) in [4.78, 5) is 25.6. The van der Waals surface area contributed by atoms with Crippen LogP contribution in [0.25, 0.3) is 0 Å². The Kier molecular flexibility index (Phi) is 4.46. The van der Waals surface area contributed by atoms with Crippen LogP contribution in [0.2, 0.25) is 5.15 Å². The molecular formula is C16H18ClFN4O. The van der Waals surface area contributed by atoms with Gasteiger partial charge in [0.15, 0.2) is 0 Å². The summed E-state index contributed by atoms with van der Waals surface area (Å²) >= 11 is 6.02. The van der Waals surface area contributed by atoms with Crippen molar-refractivity contribution >= 4 is 11.6 Å². The lowest BCUT2D eigenvalue weighted by molar-refractivity contribution is 0.240. The summed E-state index contributed by atoms with van der Waals surface area (Å²) in [5, 5.41) is 0.291. The van der Waals surface area contributed by atoms with Gasteiger partial charge in [0.2, 0.25) is 0 Å². The molecule has 0 aliphatic carbocycles. The smallest absolute Gasteiger partial charge is 0.255 e. The highest BCUT2D eigenvalue weighted by Crippen LogP contribution is 2.21. The number of rotatable bonds is 3. The quantitative estimate of drug-likeness (QED) is 0.875. The van der Waals surface area contributed by atoms with Gasteiger partial charge < -0.3 is 4.98 Å². The monoisotopic (exact) mass is 336 g/mol. The van der Waals surface area contributed by atoms with E-state index in [2.05, 4.69) is 19.9 Å². The molecule has 0 bridgehead atoms. The largest absolute Gasteiger partial charge is 0.310 e. The van der Waals surface area contributed by atoms with Gasteiger partial charge in [-0.05, 0) is 6.07 Å². The highest BCUT2D eigenvalue weighted by molar-refractivity contribution is 6.30. The van der Waals surface area contributed by atoms with Crippen molar-refractivity contribution in [3.05, 3.63) is 56.2 Å². The summed E-state index contributed by atoms with van der Waals surface area (Å²) in [6.45, 7) is 5.67. The third-order valence-corrected chi connectivity index (χ3v) is 4.33. The van der Waals surface area contributed by atoms with Crippen LogP contribution in [0, 0.1) is 5.82 Å². The van der Waals surface area contributed by atoms with Gasteiger partial charge in [-0.3, -0.25) is 9.69 Å². The van der Waals surface area contributed by atoms with Gasteiger partial charge in [0, 0.05) is 37.5 Å². The molecule has 0 radical (unpaired) electrons. The number of hydrogen-bond donors (Lipinski definition) is 1. The minimum atomic E-state index is -0.414. The van der Waals surface area contributed by atoms with Crippen molar-refractivity contribution in [2.75, 3.05) is 6.54 Å². The first-order valence-corrected chi connectivity index (χ1v) is 7.96. The van der Waals surface area contributed by atoms with Gasteiger partial charge >= 0.3 is 0 Å². The zero-order valence-corrected chi connectivity index (χ0v) is 13.8. The number of H-pyrrole nitrogens is 1. The molecule has 1 aliphatic rings. The first-order valence-electron chi connectivity index (χ1n) is 7.58. The Bertz CT molecular complexity index is 790. The standard InChI is InChI=1S/C16H18ClFN4O/c1-9(2)15-20-13-3-4-22(8-12(13)16(23)21-15)7-10-5-11(18)6-19-14(10)17/h5-6,9H,3-4,7-8H2,1-2H3,(H,20,21,23). The molecule has 23 heavy (non-hydrogen) atoms. The summed E-state index contributed by atoms with van der Waals surface area (Å²) in [7, 11) is 0. The van der Waals surface area contributed by atoms with Crippen LogP contribution in [0.3, 0.4) is 0 Å². The van der Waals surface area contributed by atoms with E-state index in [0.717, 1.165) is 24.3 Å². The fourth-order valence-electron chi connectivity index (χ4n) is 2.72. The molecule has 122 valence electrons. The van der Waals surface area contributed by atoms with Crippen LogP contribution >= 0.6 is 11.6 Å². The van der Waals surface area contributed by atoms with Crippen LogP contribution in [0.5, 0.6) is 0 Å². The van der Waals surface area contributed by atoms with Crippen molar-refractivity contribution in [2.24, 2.45) is 0 Å². The van der Waals surface area contributed by atoms with Gasteiger partial charge in [-0.15, -0.1) is 0 Å². The van der Waals surface area contributed by atoms with E-state index in [4.69, 9.17) is 11.6 Å². The molecule has 0 unspecified atom stereocenters. The number of fused-ring (bicyclic) bond motifs is 1. The van der Waals surface area contributed by atoms with Gasteiger partial charge in [-0.2, -0.15) is 0 Å². The van der Waals surface area contributed by atoms with Crippen LogP contribution in [0.1, 0.15) is 42.4 Å². The number of aromatic amines is 1. The Labute approximate surface area is 138 Å². The minimum Gasteiger partial charge on any atom is -0.310 e. The Morgan fingerprint density at radius 2 is 2.26 bits per heavy atom. The molecule has 0 aromatic carbocycles.